The minimum absolute atomic E-state index is 0.0449. The molecule has 0 saturated heterocycles. The van der Waals surface area contributed by atoms with E-state index < -0.39 is 6.29 Å². The van der Waals surface area contributed by atoms with Crippen LogP contribution in [0.15, 0.2) is 23.7 Å². The molecule has 0 fully saturated rings. The zero-order chi connectivity index (χ0) is 9.47. The SMILES string of the molecule is OB=C1CC=CC2=C1OC(F)(F)O2. The Bertz CT molecular complexity index is 333. The average molecular weight is 186 g/mol. The van der Waals surface area contributed by atoms with Gasteiger partial charge in [0, 0.05) is 0 Å². The van der Waals surface area contributed by atoms with E-state index in [1.54, 1.807) is 6.08 Å². The van der Waals surface area contributed by atoms with Crippen LogP contribution >= 0.6 is 0 Å². The van der Waals surface area contributed by atoms with Crippen molar-refractivity contribution in [1.29, 1.82) is 0 Å². The van der Waals surface area contributed by atoms with E-state index in [9.17, 15) is 8.78 Å². The molecular formula is C7H5BF2O3. The molecule has 0 aromatic carbocycles. The number of alkyl halides is 2. The van der Waals surface area contributed by atoms with Gasteiger partial charge in [0.1, 0.15) is 0 Å². The first-order valence-electron chi connectivity index (χ1n) is 3.63. The van der Waals surface area contributed by atoms with Gasteiger partial charge in [-0.25, -0.2) is 0 Å². The summed E-state index contributed by atoms with van der Waals surface area (Å²) < 4.78 is 33.4. The van der Waals surface area contributed by atoms with Crippen LogP contribution in [0, 0.1) is 0 Å². The van der Waals surface area contributed by atoms with Crippen LogP contribution in [0.2, 0.25) is 0 Å². The molecule has 2 aliphatic rings. The molecule has 1 aliphatic carbocycles. The summed E-state index contributed by atoms with van der Waals surface area (Å²) in [6.07, 6.45) is -0.267. The molecule has 3 nitrogen and oxygen atoms in total. The summed E-state index contributed by atoms with van der Waals surface area (Å²) in [5.74, 6) is -0.133. The molecule has 0 bridgehead atoms. The Labute approximate surface area is 73.2 Å². The van der Waals surface area contributed by atoms with E-state index in [0.29, 0.717) is 6.42 Å². The fourth-order valence-corrected chi connectivity index (χ4v) is 1.19. The first-order chi connectivity index (χ1) is 6.12. The van der Waals surface area contributed by atoms with Gasteiger partial charge < -0.3 is 0 Å². The first-order valence-corrected chi connectivity index (χ1v) is 3.63. The second kappa shape index (κ2) is 2.58. The third kappa shape index (κ3) is 1.32. The van der Waals surface area contributed by atoms with Gasteiger partial charge in [0.05, 0.1) is 0 Å². The fraction of sp³-hybridized carbons (Fsp3) is 0.286. The monoisotopic (exact) mass is 186 g/mol. The predicted octanol–water partition coefficient (Wildman–Crippen LogP) is 0.539. The van der Waals surface area contributed by atoms with Gasteiger partial charge in [-0.2, -0.15) is 0 Å². The van der Waals surface area contributed by atoms with Crippen molar-refractivity contribution in [2.45, 2.75) is 12.7 Å². The molecule has 2 rings (SSSR count). The van der Waals surface area contributed by atoms with Crippen LogP contribution in [0.4, 0.5) is 8.78 Å². The van der Waals surface area contributed by atoms with Gasteiger partial charge >= 0.3 is 72.3 Å². The van der Waals surface area contributed by atoms with E-state index in [-0.39, 0.29) is 17.0 Å². The number of rotatable bonds is 0. The van der Waals surface area contributed by atoms with Gasteiger partial charge in [-0.1, -0.05) is 0 Å². The fourth-order valence-electron chi connectivity index (χ4n) is 1.19. The average Bonchev–Trinajstić information content (AvgIpc) is 2.37. The van der Waals surface area contributed by atoms with Gasteiger partial charge in [0.15, 0.2) is 0 Å². The Balaban J connectivity index is 2.35. The van der Waals surface area contributed by atoms with Crippen molar-refractivity contribution in [2.24, 2.45) is 0 Å². The number of hydrogen-bond donors (Lipinski definition) is 1. The van der Waals surface area contributed by atoms with Crippen LogP contribution in [-0.2, 0) is 9.47 Å². The van der Waals surface area contributed by atoms with Crippen LogP contribution in [0.5, 0.6) is 0 Å². The van der Waals surface area contributed by atoms with Gasteiger partial charge in [0.25, 0.3) is 0 Å². The molecule has 0 amide bonds. The third-order valence-corrected chi connectivity index (χ3v) is 1.73. The molecule has 1 heterocycles. The van der Waals surface area contributed by atoms with Crippen LogP contribution in [-0.4, -0.2) is 23.9 Å². The van der Waals surface area contributed by atoms with E-state index in [2.05, 4.69) is 9.47 Å². The first kappa shape index (κ1) is 8.28. The molecule has 1 aliphatic heterocycles. The second-order valence-electron chi connectivity index (χ2n) is 2.62. The molecule has 6 heteroatoms. The van der Waals surface area contributed by atoms with Crippen molar-refractivity contribution >= 4 is 12.6 Å². The zero-order valence-electron chi connectivity index (χ0n) is 6.46. The Morgan fingerprint density at radius 2 is 2.23 bits per heavy atom. The molecule has 0 saturated carbocycles. The van der Waals surface area contributed by atoms with Gasteiger partial charge in [-0.05, 0) is 0 Å². The van der Waals surface area contributed by atoms with Crippen LogP contribution < -0.4 is 0 Å². The molecule has 0 aromatic rings. The normalized spacial score (nSPS) is 26.5. The summed E-state index contributed by atoms with van der Waals surface area (Å²) in [5, 5.41) is 8.70. The van der Waals surface area contributed by atoms with Gasteiger partial charge in [-0.15, -0.1) is 0 Å². The molecule has 0 radical (unpaired) electrons. The second-order valence-corrected chi connectivity index (χ2v) is 2.62. The summed E-state index contributed by atoms with van der Waals surface area (Å²) in [6, 6.07) is 0. The zero-order valence-corrected chi connectivity index (χ0v) is 6.46. The van der Waals surface area contributed by atoms with Crippen LogP contribution in [0.3, 0.4) is 0 Å². The van der Waals surface area contributed by atoms with Gasteiger partial charge in [0.2, 0.25) is 0 Å². The van der Waals surface area contributed by atoms with E-state index in [4.69, 9.17) is 5.02 Å². The van der Waals surface area contributed by atoms with Crippen molar-refractivity contribution in [1.82, 2.24) is 0 Å². The van der Waals surface area contributed by atoms with Crippen molar-refractivity contribution < 1.29 is 23.3 Å². The molecule has 0 atom stereocenters. The molecule has 68 valence electrons. The summed E-state index contributed by atoms with van der Waals surface area (Å²) in [7, 11) is 0.740. The maximum absolute atomic E-state index is 12.5. The van der Waals surface area contributed by atoms with Crippen molar-refractivity contribution in [3.05, 3.63) is 23.7 Å². The summed E-state index contributed by atoms with van der Waals surface area (Å²) in [5.41, 5.74) is 0.287. The summed E-state index contributed by atoms with van der Waals surface area (Å²) >= 11 is 0. The van der Waals surface area contributed by atoms with Crippen molar-refractivity contribution in [3.8, 4) is 0 Å². The molecule has 0 aromatic heterocycles. The molecule has 1 N–H and O–H groups in total. The number of allylic oxidation sites excluding steroid dienone is 3. The molecule has 13 heavy (non-hydrogen) atoms. The Morgan fingerprint density at radius 3 is 2.92 bits per heavy atom. The number of hydrogen-bond acceptors (Lipinski definition) is 3. The summed E-state index contributed by atoms with van der Waals surface area (Å²) in [4.78, 5) is 0. The topological polar surface area (TPSA) is 38.7 Å². The number of halogens is 2. The van der Waals surface area contributed by atoms with E-state index in [1.165, 1.54) is 6.08 Å². The molecule has 0 spiro atoms. The Hall–Kier alpha value is -1.33. The Kier molecular flexibility index (Phi) is 1.64. The molecular weight excluding hydrogens is 181 g/mol. The quantitative estimate of drug-likeness (QED) is 0.561. The standard InChI is InChI=1S/C7H5BF2O3/c9-7(10)12-5-3-1-2-4(8-11)6(5)13-7/h1,3,11H,2H2. The Morgan fingerprint density at radius 1 is 1.46 bits per heavy atom. The van der Waals surface area contributed by atoms with Crippen LogP contribution in [0.25, 0.3) is 0 Å². The minimum atomic E-state index is -3.62. The molecule has 0 unspecified atom stereocenters. The number of ether oxygens (including phenoxy) is 2. The van der Waals surface area contributed by atoms with Gasteiger partial charge in [-0.3, -0.25) is 0 Å². The van der Waals surface area contributed by atoms with E-state index in [0.717, 1.165) is 7.12 Å². The van der Waals surface area contributed by atoms with E-state index >= 15 is 0 Å². The maximum atomic E-state index is 12.5. The summed E-state index contributed by atoms with van der Waals surface area (Å²) in [6.45, 7) is 0. The third-order valence-electron chi connectivity index (χ3n) is 1.73. The van der Waals surface area contributed by atoms with Crippen molar-refractivity contribution in [3.63, 3.8) is 0 Å². The van der Waals surface area contributed by atoms with Crippen LogP contribution in [0.1, 0.15) is 6.42 Å². The van der Waals surface area contributed by atoms with Crippen molar-refractivity contribution in [2.75, 3.05) is 0 Å². The predicted molar refractivity (Wildman–Crippen MR) is 40.9 cm³/mol. The van der Waals surface area contributed by atoms with E-state index in [1.807, 2.05) is 0 Å².